The van der Waals surface area contributed by atoms with E-state index in [0.29, 0.717) is 10.7 Å². The van der Waals surface area contributed by atoms with Crippen molar-refractivity contribution in [3.05, 3.63) is 43.8 Å². The van der Waals surface area contributed by atoms with Crippen LogP contribution in [0, 0.1) is 3.57 Å². The van der Waals surface area contributed by atoms with E-state index in [9.17, 15) is 4.79 Å². The molecule has 7 heteroatoms. The van der Waals surface area contributed by atoms with Crippen LogP contribution in [-0.2, 0) is 17.6 Å². The number of carbonyl (C=O) groups is 1. The van der Waals surface area contributed by atoms with Gasteiger partial charge in [-0.3, -0.25) is 0 Å². The number of benzene rings is 1. The van der Waals surface area contributed by atoms with Crippen molar-refractivity contribution < 1.29 is 9.53 Å². The summed E-state index contributed by atoms with van der Waals surface area (Å²) >= 11 is 9.24. The van der Waals surface area contributed by atoms with Crippen molar-refractivity contribution in [1.82, 2.24) is 0 Å². The number of methoxy groups -OCH3 is 1. The summed E-state index contributed by atoms with van der Waals surface area (Å²) in [6, 6.07) is 7.89. The molecule has 0 saturated heterocycles. The second-order valence-electron chi connectivity index (χ2n) is 5.11. The maximum absolute atomic E-state index is 12.1. The lowest BCUT2D eigenvalue weighted by Gasteiger charge is -2.12. The summed E-state index contributed by atoms with van der Waals surface area (Å²) in [6.45, 7) is 0. The molecule has 0 spiro atoms. The summed E-state index contributed by atoms with van der Waals surface area (Å²) in [4.78, 5) is 13.4. The Morgan fingerprint density at radius 1 is 1.30 bits per heavy atom. The lowest BCUT2D eigenvalue weighted by molar-refractivity contribution is 0.0601. The number of fused-ring (bicyclic) bond motifs is 1. The zero-order valence-electron chi connectivity index (χ0n) is 12.4. The van der Waals surface area contributed by atoms with Crippen LogP contribution in [0.2, 0.25) is 0 Å². The zero-order valence-corrected chi connectivity index (χ0v) is 16.2. The Morgan fingerprint density at radius 2 is 2.09 bits per heavy atom. The number of hydrogen-bond acceptors (Lipinski definition) is 4. The highest BCUT2D eigenvalue weighted by Gasteiger charge is 2.27. The average Bonchev–Trinajstić information content (AvgIpc) is 3.09. The number of ether oxygens (including phenoxy) is 1. The molecule has 1 heterocycles. The Labute approximate surface area is 157 Å². The summed E-state index contributed by atoms with van der Waals surface area (Å²) < 4.78 is 6.02. The van der Waals surface area contributed by atoms with Gasteiger partial charge in [-0.2, -0.15) is 0 Å². The van der Waals surface area contributed by atoms with Crippen LogP contribution in [-0.4, -0.2) is 18.2 Å². The van der Waals surface area contributed by atoms with Crippen LogP contribution < -0.4 is 10.6 Å². The predicted octanol–water partition coefficient (Wildman–Crippen LogP) is 4.44. The molecule has 0 unspecified atom stereocenters. The second kappa shape index (κ2) is 7.14. The van der Waals surface area contributed by atoms with Gasteiger partial charge < -0.3 is 15.4 Å². The third-order valence-electron chi connectivity index (χ3n) is 3.66. The average molecular weight is 458 g/mol. The maximum Gasteiger partial charge on any atom is 0.341 e. The van der Waals surface area contributed by atoms with Crippen molar-refractivity contribution >= 4 is 67.9 Å². The van der Waals surface area contributed by atoms with E-state index in [0.717, 1.165) is 39.1 Å². The highest BCUT2D eigenvalue weighted by molar-refractivity contribution is 14.1. The Morgan fingerprint density at radius 3 is 2.83 bits per heavy atom. The fourth-order valence-electron chi connectivity index (χ4n) is 2.63. The molecule has 1 aliphatic carbocycles. The fraction of sp³-hybridized carbons (Fsp3) is 0.250. The molecule has 0 atom stereocenters. The summed E-state index contributed by atoms with van der Waals surface area (Å²) in [5.74, 6) is -0.302. The van der Waals surface area contributed by atoms with Crippen LogP contribution in [0.3, 0.4) is 0 Å². The van der Waals surface area contributed by atoms with Gasteiger partial charge in [0, 0.05) is 8.45 Å². The molecule has 120 valence electrons. The third-order valence-corrected chi connectivity index (χ3v) is 6.01. The van der Waals surface area contributed by atoms with Crippen molar-refractivity contribution in [2.45, 2.75) is 19.3 Å². The fourth-order valence-corrected chi connectivity index (χ4v) is 4.71. The van der Waals surface area contributed by atoms with Crippen molar-refractivity contribution in [1.29, 1.82) is 0 Å². The van der Waals surface area contributed by atoms with E-state index in [1.165, 1.54) is 12.0 Å². The van der Waals surface area contributed by atoms with E-state index < -0.39 is 0 Å². The monoisotopic (exact) mass is 458 g/mol. The predicted molar refractivity (Wildman–Crippen MR) is 107 cm³/mol. The molecule has 2 aromatic rings. The Hall–Kier alpha value is -1.19. The minimum absolute atomic E-state index is 0.302. The number of anilines is 2. The minimum atomic E-state index is -0.302. The van der Waals surface area contributed by atoms with Crippen LogP contribution in [0.4, 0.5) is 10.7 Å². The van der Waals surface area contributed by atoms with Gasteiger partial charge in [-0.05, 0) is 71.8 Å². The number of aryl methyl sites for hydroxylation is 1. The summed E-state index contributed by atoms with van der Waals surface area (Å²) in [7, 11) is 1.41. The van der Waals surface area contributed by atoms with E-state index in [2.05, 4.69) is 33.2 Å². The summed E-state index contributed by atoms with van der Waals surface area (Å²) in [5, 5.41) is 7.58. The molecule has 3 rings (SSSR count). The van der Waals surface area contributed by atoms with Crippen molar-refractivity contribution in [2.24, 2.45) is 0 Å². The van der Waals surface area contributed by atoms with Gasteiger partial charge in [0.2, 0.25) is 0 Å². The van der Waals surface area contributed by atoms with Crippen molar-refractivity contribution in [3.8, 4) is 0 Å². The quantitative estimate of drug-likeness (QED) is 0.405. The molecule has 0 fully saturated rings. The number of thiocarbonyl (C=S) groups is 1. The molecule has 0 radical (unpaired) electrons. The molecule has 2 N–H and O–H groups in total. The topological polar surface area (TPSA) is 50.4 Å². The van der Waals surface area contributed by atoms with E-state index in [4.69, 9.17) is 17.0 Å². The van der Waals surface area contributed by atoms with Crippen LogP contribution in [0.25, 0.3) is 0 Å². The molecule has 0 aliphatic heterocycles. The van der Waals surface area contributed by atoms with Crippen molar-refractivity contribution in [3.63, 3.8) is 0 Å². The number of esters is 1. The Bertz CT molecular complexity index is 773. The number of nitrogens with one attached hydrogen (secondary N) is 2. The van der Waals surface area contributed by atoms with Gasteiger partial charge in [-0.25, -0.2) is 4.79 Å². The molecule has 1 aromatic carbocycles. The second-order valence-corrected chi connectivity index (χ2v) is 7.79. The van der Waals surface area contributed by atoms with Gasteiger partial charge in [0.25, 0.3) is 0 Å². The zero-order chi connectivity index (χ0) is 16.4. The van der Waals surface area contributed by atoms with E-state index in [1.807, 2.05) is 24.3 Å². The number of hydrogen-bond donors (Lipinski definition) is 2. The van der Waals surface area contributed by atoms with Crippen molar-refractivity contribution in [2.75, 3.05) is 17.7 Å². The number of thiophene rings is 1. The molecule has 1 aliphatic rings. The number of halogens is 1. The highest BCUT2D eigenvalue weighted by Crippen LogP contribution is 2.39. The van der Waals surface area contributed by atoms with E-state index >= 15 is 0 Å². The van der Waals surface area contributed by atoms with Crippen LogP contribution in [0.5, 0.6) is 0 Å². The SMILES string of the molecule is COC(=O)c1c(NC(=S)Nc2ccccc2I)sc2c1CCC2. The highest BCUT2D eigenvalue weighted by atomic mass is 127. The normalized spacial score (nSPS) is 12.6. The first-order valence-corrected chi connectivity index (χ1v) is 9.46. The Balaban J connectivity index is 1.82. The minimum Gasteiger partial charge on any atom is -0.465 e. The van der Waals surface area contributed by atoms with Gasteiger partial charge in [-0.15, -0.1) is 11.3 Å². The van der Waals surface area contributed by atoms with Gasteiger partial charge in [0.15, 0.2) is 5.11 Å². The lowest BCUT2D eigenvalue weighted by atomic mass is 10.1. The van der Waals surface area contributed by atoms with Crippen LogP contribution >= 0.6 is 46.1 Å². The smallest absolute Gasteiger partial charge is 0.341 e. The first-order valence-electron chi connectivity index (χ1n) is 7.15. The first kappa shape index (κ1) is 16.7. The van der Waals surface area contributed by atoms with Crippen LogP contribution in [0.15, 0.2) is 24.3 Å². The molecule has 4 nitrogen and oxygen atoms in total. The van der Waals surface area contributed by atoms with Gasteiger partial charge in [-0.1, -0.05) is 12.1 Å². The standard InChI is InChI=1S/C16H15IN2O2S2/c1-21-15(20)13-9-5-4-8-12(9)23-14(13)19-16(22)18-11-7-3-2-6-10(11)17/h2-3,6-7H,4-5,8H2,1H3,(H2,18,19,22). The Kier molecular flexibility index (Phi) is 5.17. The van der Waals surface area contributed by atoms with Crippen LogP contribution in [0.1, 0.15) is 27.2 Å². The number of carbonyl (C=O) groups excluding carboxylic acids is 1. The number of para-hydroxylation sites is 1. The molecule has 0 saturated carbocycles. The lowest BCUT2D eigenvalue weighted by Crippen LogP contribution is -2.20. The summed E-state index contributed by atoms with van der Waals surface area (Å²) in [5.41, 5.74) is 2.69. The van der Waals surface area contributed by atoms with Gasteiger partial charge in [0.1, 0.15) is 5.00 Å². The molecular formula is C16H15IN2O2S2. The van der Waals surface area contributed by atoms with E-state index in [-0.39, 0.29) is 5.97 Å². The largest absolute Gasteiger partial charge is 0.465 e. The molecule has 23 heavy (non-hydrogen) atoms. The van der Waals surface area contributed by atoms with Gasteiger partial charge in [0.05, 0.1) is 18.4 Å². The summed E-state index contributed by atoms with van der Waals surface area (Å²) in [6.07, 6.45) is 3.04. The molecule has 0 bridgehead atoms. The molecule has 1 aromatic heterocycles. The third kappa shape index (κ3) is 3.51. The first-order chi connectivity index (χ1) is 11.1. The molecule has 0 amide bonds. The number of rotatable bonds is 3. The molecular weight excluding hydrogens is 443 g/mol. The van der Waals surface area contributed by atoms with Gasteiger partial charge >= 0.3 is 5.97 Å². The van der Waals surface area contributed by atoms with E-state index in [1.54, 1.807) is 11.3 Å². The maximum atomic E-state index is 12.1.